The Hall–Kier alpha value is -5.60. The molecule has 2 saturated heterocycles. The summed E-state index contributed by atoms with van der Waals surface area (Å²) < 4.78 is 11.8. The summed E-state index contributed by atoms with van der Waals surface area (Å²) in [6.07, 6.45) is 8.73. The van der Waals surface area contributed by atoms with Crippen molar-refractivity contribution in [3.63, 3.8) is 0 Å². The highest BCUT2D eigenvalue weighted by atomic mass is 32.2. The Morgan fingerprint density at radius 1 is 0.543 bits per heavy atom. The molecule has 2 heterocycles. The Labute approximate surface area is 554 Å². The van der Waals surface area contributed by atoms with E-state index in [4.69, 9.17) is 15.2 Å². The van der Waals surface area contributed by atoms with Gasteiger partial charge < -0.3 is 60.6 Å². The number of unbranched alkanes of at least 4 members (excludes halogenated alkanes) is 4. The minimum absolute atomic E-state index is 0.0471. The van der Waals surface area contributed by atoms with E-state index in [1.807, 2.05) is 48.5 Å². The summed E-state index contributed by atoms with van der Waals surface area (Å²) in [7, 11) is 9.77. The number of carbonyl (C=O) groups is 11. The Morgan fingerprint density at radius 2 is 1.07 bits per heavy atom. The summed E-state index contributed by atoms with van der Waals surface area (Å²) in [4.78, 5) is 170. The van der Waals surface area contributed by atoms with E-state index < -0.39 is 131 Å². The van der Waals surface area contributed by atoms with Crippen LogP contribution in [0.3, 0.4) is 0 Å². The molecule has 11 atom stereocenters. The van der Waals surface area contributed by atoms with Gasteiger partial charge in [0.25, 0.3) is 11.8 Å². The van der Waals surface area contributed by atoms with Crippen LogP contribution in [-0.4, -0.2) is 234 Å². The molecule has 92 heavy (non-hydrogen) atoms. The van der Waals surface area contributed by atoms with Crippen LogP contribution in [0, 0.1) is 35.5 Å². The molecule has 2 rings (SSSR count). The highest BCUT2D eigenvalue weighted by Crippen LogP contribution is 2.27. The summed E-state index contributed by atoms with van der Waals surface area (Å²) in [5.74, 6) is -7.69. The molecular weight excluding hydrogens is 1200 g/mol. The topological polar surface area (TPSA) is 303 Å². The monoisotopic (exact) mass is 1320 g/mol. The molecule has 6 N–H and O–H groups in total. The smallest absolute Gasteiger partial charge is 0.326 e. The molecule has 0 bridgehead atoms. The number of nitrogens with zero attached hydrogens (tertiary/aromatic N) is 7. The van der Waals surface area contributed by atoms with E-state index >= 15 is 19.2 Å². The SMILES string of the molecule is CC[C@@H]1NC(=O)C(C[C@H](C)CCCCCCCN)N(C)C(=O)C(C(C)C)N(C)C(=O)N(C)C(=O)[C@@H](CC(C)C)N(C)C(=O)NC(=O)[C@@H](C)NC(=O)[C@@H](CC(C)C)N(C)C(=O)[C@@H](C(C)C)NC(=O)[C@H](CC(C)C)N(C)C(=O)[C@@H](SCCCOC2CCCCO2)N(C)C1=O. The Balaban J connectivity index is 2.98. The zero-order valence-corrected chi connectivity index (χ0v) is 60.4. The number of nitrogens with one attached hydrogen (secondary N) is 4. The van der Waals surface area contributed by atoms with Gasteiger partial charge in [-0.25, -0.2) is 9.59 Å². The minimum Gasteiger partial charge on any atom is -0.353 e. The van der Waals surface area contributed by atoms with Gasteiger partial charge >= 0.3 is 12.1 Å². The molecule has 0 aromatic rings. The van der Waals surface area contributed by atoms with Gasteiger partial charge in [-0.2, -0.15) is 0 Å². The van der Waals surface area contributed by atoms with Crippen molar-refractivity contribution in [1.29, 1.82) is 0 Å². The fraction of sp³-hybridized carbons (Fsp3) is 0.833. The largest absolute Gasteiger partial charge is 0.353 e. The third-order valence-electron chi connectivity index (χ3n) is 17.4. The predicted molar refractivity (Wildman–Crippen MR) is 358 cm³/mol. The van der Waals surface area contributed by atoms with Crippen molar-refractivity contribution in [2.75, 3.05) is 74.8 Å². The van der Waals surface area contributed by atoms with E-state index in [1.165, 1.54) is 87.6 Å². The van der Waals surface area contributed by atoms with Gasteiger partial charge in [0.2, 0.25) is 41.4 Å². The maximum absolute atomic E-state index is 15.3. The summed E-state index contributed by atoms with van der Waals surface area (Å²) in [6.45, 7) is 24.6. The minimum atomic E-state index is -1.35. The molecule has 2 aliphatic heterocycles. The summed E-state index contributed by atoms with van der Waals surface area (Å²) in [5, 5.41) is 9.55. The van der Waals surface area contributed by atoms with E-state index in [1.54, 1.807) is 34.6 Å². The number of imide groups is 2. The van der Waals surface area contributed by atoms with Gasteiger partial charge in [0.1, 0.15) is 48.3 Å². The van der Waals surface area contributed by atoms with Crippen LogP contribution in [0.15, 0.2) is 0 Å². The van der Waals surface area contributed by atoms with E-state index in [0.717, 1.165) is 66.1 Å². The molecule has 0 saturated carbocycles. The Kier molecular flexibility index (Phi) is 36.4. The van der Waals surface area contributed by atoms with Crippen molar-refractivity contribution in [2.45, 2.75) is 246 Å². The van der Waals surface area contributed by atoms with Crippen LogP contribution in [0.4, 0.5) is 9.59 Å². The van der Waals surface area contributed by atoms with Crippen molar-refractivity contribution in [1.82, 2.24) is 55.6 Å². The number of hydrogen-bond donors (Lipinski definition) is 5. The van der Waals surface area contributed by atoms with Gasteiger partial charge in [-0.3, -0.25) is 53.4 Å². The average molecular weight is 1320 g/mol. The van der Waals surface area contributed by atoms with Crippen LogP contribution in [0.2, 0.25) is 0 Å². The molecule has 26 heteroatoms. The lowest BCUT2D eigenvalue weighted by Crippen LogP contribution is -2.61. The quantitative estimate of drug-likeness (QED) is 0.0692. The summed E-state index contributed by atoms with van der Waals surface area (Å²) in [6, 6.07) is -11.8. The zero-order valence-electron chi connectivity index (χ0n) is 59.6. The Morgan fingerprint density at radius 3 is 1.60 bits per heavy atom. The van der Waals surface area contributed by atoms with Crippen LogP contribution in [0.1, 0.15) is 186 Å². The molecule has 3 unspecified atom stereocenters. The average Bonchev–Trinajstić information content (AvgIpc) is 0.881. The highest BCUT2D eigenvalue weighted by Gasteiger charge is 2.44. The molecule has 0 aliphatic carbocycles. The number of amides is 13. The lowest BCUT2D eigenvalue weighted by atomic mass is 9.93. The molecule has 25 nitrogen and oxygen atoms in total. The second-order valence-corrected chi connectivity index (χ2v) is 28.7. The highest BCUT2D eigenvalue weighted by molar-refractivity contribution is 8.00. The maximum Gasteiger partial charge on any atom is 0.326 e. The standard InChI is InChI=1S/C66H120N12O13S/c1-21-47-59(83)77(19)64(92-35-29-34-91-52-31-26-28-33-90-52)63(87)74(16)49(37-41(4)5)58(82)70-53(43(8)9)61(85)72(14)48(36-40(2)3)56(80)68-46(13)55(79)71-65(88)75(17)51(38-42(6)7)60(84)78(20)66(89)76(18)54(44(10)11)62(86)73(15)50(57(81)69-47)39-45(12)30-25-23-22-24-27-32-67/h40-54,64H,21-39,67H2,1-20H3,(H,68,80)(H,69,81)(H,70,82)(H,71,79,88)/t45-,46-,47+,48-,49+,50?,51-,52?,53-,54?,64-/m1/s1. The summed E-state index contributed by atoms with van der Waals surface area (Å²) in [5.41, 5.74) is 5.74. The molecule has 0 spiro atoms. The molecule has 528 valence electrons. The maximum atomic E-state index is 15.3. The van der Waals surface area contributed by atoms with Crippen molar-refractivity contribution in [2.24, 2.45) is 41.2 Å². The van der Waals surface area contributed by atoms with Crippen molar-refractivity contribution >= 4 is 77.0 Å². The van der Waals surface area contributed by atoms with Gasteiger partial charge in [-0.1, -0.05) is 115 Å². The van der Waals surface area contributed by atoms with Gasteiger partial charge in [-0.05, 0) is 119 Å². The number of rotatable bonds is 24. The lowest BCUT2D eigenvalue weighted by molar-refractivity contribution is -0.162. The number of carbonyl (C=O) groups excluding carboxylic acids is 11. The first-order valence-corrected chi connectivity index (χ1v) is 34.8. The normalized spacial score (nSPS) is 26.0. The molecule has 13 amide bonds. The molecule has 0 radical (unpaired) electrons. The second-order valence-electron chi connectivity index (χ2n) is 27.5. The third kappa shape index (κ3) is 25.3. The fourth-order valence-electron chi connectivity index (χ4n) is 11.6. The first-order chi connectivity index (χ1) is 43.0. The predicted octanol–water partition coefficient (Wildman–Crippen LogP) is 6.01. The van der Waals surface area contributed by atoms with Crippen LogP contribution in [-0.2, 0) is 52.6 Å². The first-order valence-electron chi connectivity index (χ1n) is 33.7. The third-order valence-corrected chi connectivity index (χ3v) is 18.8. The van der Waals surface area contributed by atoms with Gasteiger partial charge in [0.05, 0.1) is 6.61 Å². The number of thioether (sulfide) groups is 1. The summed E-state index contributed by atoms with van der Waals surface area (Å²) >= 11 is 1.17. The molecular formula is C66H120N12O13S. The van der Waals surface area contributed by atoms with Gasteiger partial charge in [0.15, 0.2) is 11.7 Å². The fourth-order valence-corrected chi connectivity index (χ4v) is 12.7. The van der Waals surface area contributed by atoms with Crippen molar-refractivity contribution < 1.29 is 62.2 Å². The molecule has 0 aromatic carbocycles. The van der Waals surface area contributed by atoms with Crippen LogP contribution < -0.4 is 27.0 Å². The van der Waals surface area contributed by atoms with Gasteiger partial charge in [-0.15, -0.1) is 11.8 Å². The lowest BCUT2D eigenvalue weighted by Gasteiger charge is -2.39. The molecule has 2 fully saturated rings. The van der Waals surface area contributed by atoms with E-state index in [-0.39, 0.29) is 62.1 Å². The number of urea groups is 2. The van der Waals surface area contributed by atoms with Crippen LogP contribution in [0.25, 0.3) is 0 Å². The second kappa shape index (κ2) is 40.6. The van der Waals surface area contributed by atoms with Gasteiger partial charge in [0, 0.05) is 55.9 Å². The van der Waals surface area contributed by atoms with E-state index in [9.17, 15) is 33.6 Å². The van der Waals surface area contributed by atoms with E-state index in [2.05, 4.69) is 21.3 Å². The van der Waals surface area contributed by atoms with Crippen LogP contribution >= 0.6 is 11.8 Å². The molecule has 0 aromatic heterocycles. The van der Waals surface area contributed by atoms with Crippen molar-refractivity contribution in [3.8, 4) is 0 Å². The molecule has 2 aliphatic rings. The zero-order chi connectivity index (χ0) is 70.0. The van der Waals surface area contributed by atoms with E-state index in [0.29, 0.717) is 38.4 Å². The number of likely N-dealkylation sites (N-methyl/N-ethyl adjacent to an activating group) is 7. The number of hydrogen-bond acceptors (Lipinski definition) is 15. The number of ether oxygens (including phenoxy) is 2. The number of nitrogens with two attached hydrogens (primary N) is 1. The van der Waals surface area contributed by atoms with Crippen LogP contribution in [0.5, 0.6) is 0 Å². The van der Waals surface area contributed by atoms with Crippen molar-refractivity contribution in [3.05, 3.63) is 0 Å². The first kappa shape index (κ1) is 82.5. The Bertz CT molecular complexity index is 2410.